The average Bonchev–Trinajstić information content (AvgIpc) is 2.78. The Bertz CT molecular complexity index is 1190. The molecule has 0 amide bonds. The molecule has 0 radical (unpaired) electrons. The Morgan fingerprint density at radius 3 is 2.60 bits per heavy atom. The number of aryl methyl sites for hydroxylation is 1. The van der Waals surface area contributed by atoms with E-state index < -0.39 is 5.54 Å². The second-order valence-corrected chi connectivity index (χ2v) is 8.87. The van der Waals surface area contributed by atoms with Crippen molar-refractivity contribution in [2.75, 3.05) is 13.2 Å². The van der Waals surface area contributed by atoms with Gasteiger partial charge >= 0.3 is 0 Å². The van der Waals surface area contributed by atoms with E-state index in [0.29, 0.717) is 29.4 Å². The van der Waals surface area contributed by atoms with Crippen molar-refractivity contribution < 1.29 is 14.9 Å². The number of ether oxygens (including phenoxy) is 1. The molecule has 4 rings (SSSR count). The van der Waals surface area contributed by atoms with Gasteiger partial charge in [0, 0.05) is 20.2 Å². The van der Waals surface area contributed by atoms with Gasteiger partial charge in [0.25, 0.3) is 0 Å². The van der Waals surface area contributed by atoms with Gasteiger partial charge in [-0.05, 0) is 73.7 Å². The smallest absolute Gasteiger partial charge is 0.196 e. The van der Waals surface area contributed by atoms with E-state index in [-0.39, 0.29) is 18.6 Å². The molecular formula is C24H25NO4S. The molecule has 1 aliphatic carbocycles. The number of allylic oxidation sites excluding steroid dienone is 3. The SMILES string of the molecule is NC(CO)(CO)CCc1ccc2c(=O)c3cc(OC4=CCCC=C4)ccc3sc2c1. The number of fused-ring (bicyclic) bond motifs is 2. The van der Waals surface area contributed by atoms with Gasteiger partial charge in [0.15, 0.2) is 5.43 Å². The summed E-state index contributed by atoms with van der Waals surface area (Å²) in [5.74, 6) is 1.47. The van der Waals surface area contributed by atoms with E-state index in [2.05, 4.69) is 12.2 Å². The van der Waals surface area contributed by atoms with Crippen LogP contribution >= 0.6 is 11.3 Å². The van der Waals surface area contributed by atoms with Crippen LogP contribution in [0.2, 0.25) is 0 Å². The second-order valence-electron chi connectivity index (χ2n) is 7.79. The summed E-state index contributed by atoms with van der Waals surface area (Å²) in [6.07, 6.45) is 9.15. The van der Waals surface area contributed by atoms with Gasteiger partial charge in [0.2, 0.25) is 0 Å². The Kier molecular flexibility index (Phi) is 6.01. The third-order valence-corrected chi connectivity index (χ3v) is 6.58. The van der Waals surface area contributed by atoms with Gasteiger partial charge in [-0.25, -0.2) is 0 Å². The minimum atomic E-state index is -0.995. The van der Waals surface area contributed by atoms with Crippen LogP contribution < -0.4 is 15.9 Å². The highest BCUT2D eigenvalue weighted by atomic mass is 32.1. The molecule has 0 fully saturated rings. The summed E-state index contributed by atoms with van der Waals surface area (Å²) in [4.78, 5) is 13.1. The maximum atomic E-state index is 13.1. The Hall–Kier alpha value is -2.51. The van der Waals surface area contributed by atoms with Crippen LogP contribution in [-0.4, -0.2) is 29.0 Å². The minimum absolute atomic E-state index is 0.0113. The second kappa shape index (κ2) is 8.70. The topological polar surface area (TPSA) is 92.8 Å². The molecule has 0 saturated carbocycles. The summed E-state index contributed by atoms with van der Waals surface area (Å²) >= 11 is 1.57. The van der Waals surface area contributed by atoms with E-state index in [1.807, 2.05) is 42.5 Å². The zero-order valence-corrected chi connectivity index (χ0v) is 17.5. The van der Waals surface area contributed by atoms with Crippen LogP contribution in [0.15, 0.2) is 65.2 Å². The Balaban J connectivity index is 1.65. The van der Waals surface area contributed by atoms with Gasteiger partial charge in [-0.3, -0.25) is 4.79 Å². The van der Waals surface area contributed by atoms with Crippen LogP contribution in [0.5, 0.6) is 5.75 Å². The van der Waals surface area contributed by atoms with Crippen LogP contribution in [0.1, 0.15) is 24.8 Å². The molecule has 1 aliphatic rings. The van der Waals surface area contributed by atoms with E-state index >= 15 is 0 Å². The lowest BCUT2D eigenvalue weighted by atomic mass is 9.94. The van der Waals surface area contributed by atoms with Crippen molar-refractivity contribution in [3.63, 3.8) is 0 Å². The third kappa shape index (κ3) is 4.32. The molecule has 3 aromatic rings. The monoisotopic (exact) mass is 423 g/mol. The molecule has 0 unspecified atom stereocenters. The van der Waals surface area contributed by atoms with Crippen molar-refractivity contribution in [3.8, 4) is 5.75 Å². The highest BCUT2D eigenvalue weighted by Crippen LogP contribution is 2.29. The van der Waals surface area contributed by atoms with Crippen LogP contribution in [0.25, 0.3) is 20.2 Å². The lowest BCUT2D eigenvalue weighted by molar-refractivity contribution is 0.115. The molecule has 6 heteroatoms. The number of aliphatic hydroxyl groups is 2. The van der Waals surface area contributed by atoms with E-state index in [4.69, 9.17) is 10.5 Å². The summed E-state index contributed by atoms with van der Waals surface area (Å²) in [6.45, 7) is -0.543. The Labute approximate surface area is 178 Å². The summed E-state index contributed by atoms with van der Waals surface area (Å²) in [7, 11) is 0. The van der Waals surface area contributed by atoms with Crippen molar-refractivity contribution in [2.45, 2.75) is 31.2 Å². The molecule has 5 nitrogen and oxygen atoms in total. The molecular weight excluding hydrogens is 398 g/mol. The van der Waals surface area contributed by atoms with Gasteiger partial charge in [0.1, 0.15) is 11.5 Å². The molecule has 0 bridgehead atoms. The zero-order valence-electron chi connectivity index (χ0n) is 16.6. The fourth-order valence-corrected chi connectivity index (χ4v) is 4.61. The summed E-state index contributed by atoms with van der Waals surface area (Å²) in [5, 5.41) is 20.1. The molecule has 1 aromatic heterocycles. The standard InChI is InChI=1S/C24H25NO4S/c25-24(14-26,15-27)11-10-16-6-8-19-22(12-16)30-21-9-7-18(13-20(21)23(19)28)29-17-4-2-1-3-5-17/h2,4-9,12-13,26-27H,1,3,10-11,14-15,25H2. The van der Waals surface area contributed by atoms with Crippen molar-refractivity contribution in [2.24, 2.45) is 5.73 Å². The fraction of sp³-hybridized carbons (Fsp3) is 0.292. The molecule has 0 spiro atoms. The predicted octanol–water partition coefficient (Wildman–Crippen LogP) is 3.64. The highest BCUT2D eigenvalue weighted by molar-refractivity contribution is 7.24. The average molecular weight is 424 g/mol. The first kappa shape index (κ1) is 20.8. The lowest BCUT2D eigenvalue weighted by Crippen LogP contribution is -2.47. The number of benzene rings is 2. The van der Waals surface area contributed by atoms with Gasteiger partial charge in [-0.1, -0.05) is 12.1 Å². The van der Waals surface area contributed by atoms with Gasteiger partial charge in [-0.2, -0.15) is 0 Å². The predicted molar refractivity (Wildman–Crippen MR) is 122 cm³/mol. The quantitative estimate of drug-likeness (QED) is 0.505. The van der Waals surface area contributed by atoms with Crippen LogP contribution in [0.4, 0.5) is 0 Å². The van der Waals surface area contributed by atoms with Gasteiger partial charge < -0.3 is 20.7 Å². The Morgan fingerprint density at radius 2 is 1.87 bits per heavy atom. The summed E-state index contributed by atoms with van der Waals surface area (Å²) in [6, 6.07) is 11.4. The minimum Gasteiger partial charge on any atom is -0.458 e. The Morgan fingerprint density at radius 1 is 1.03 bits per heavy atom. The number of hydrogen-bond donors (Lipinski definition) is 3. The molecule has 156 valence electrons. The van der Waals surface area contributed by atoms with Crippen molar-refractivity contribution >= 4 is 31.5 Å². The fourth-order valence-electron chi connectivity index (χ4n) is 3.50. The van der Waals surface area contributed by atoms with Crippen molar-refractivity contribution in [1.82, 2.24) is 0 Å². The van der Waals surface area contributed by atoms with E-state index in [0.717, 1.165) is 33.6 Å². The summed E-state index contributed by atoms with van der Waals surface area (Å²) in [5.41, 5.74) is 5.98. The normalized spacial score (nSPS) is 14.3. The zero-order chi connectivity index (χ0) is 21.1. The van der Waals surface area contributed by atoms with Crippen LogP contribution in [-0.2, 0) is 6.42 Å². The first-order chi connectivity index (χ1) is 14.5. The van der Waals surface area contributed by atoms with Crippen molar-refractivity contribution in [3.05, 3.63) is 76.2 Å². The maximum Gasteiger partial charge on any atom is 0.196 e. The van der Waals surface area contributed by atoms with E-state index in [1.165, 1.54) is 0 Å². The van der Waals surface area contributed by atoms with Crippen LogP contribution in [0.3, 0.4) is 0 Å². The summed E-state index contributed by atoms with van der Waals surface area (Å²) < 4.78 is 7.74. The lowest BCUT2D eigenvalue weighted by Gasteiger charge is -2.24. The number of hydrogen-bond acceptors (Lipinski definition) is 6. The molecule has 0 atom stereocenters. The maximum absolute atomic E-state index is 13.1. The highest BCUT2D eigenvalue weighted by Gasteiger charge is 2.22. The van der Waals surface area contributed by atoms with E-state index in [9.17, 15) is 15.0 Å². The molecule has 30 heavy (non-hydrogen) atoms. The van der Waals surface area contributed by atoms with Gasteiger partial charge in [0.05, 0.1) is 18.8 Å². The molecule has 4 N–H and O–H groups in total. The van der Waals surface area contributed by atoms with Gasteiger partial charge in [-0.15, -0.1) is 11.3 Å². The first-order valence-electron chi connectivity index (χ1n) is 10.1. The molecule has 1 heterocycles. The number of aliphatic hydroxyl groups excluding tert-OH is 2. The molecule has 0 saturated heterocycles. The number of rotatable bonds is 7. The molecule has 0 aliphatic heterocycles. The largest absolute Gasteiger partial charge is 0.458 e. The van der Waals surface area contributed by atoms with E-state index in [1.54, 1.807) is 11.3 Å². The third-order valence-electron chi connectivity index (χ3n) is 5.44. The van der Waals surface area contributed by atoms with Crippen molar-refractivity contribution in [1.29, 1.82) is 0 Å². The molecule has 2 aromatic carbocycles. The van der Waals surface area contributed by atoms with Crippen LogP contribution in [0, 0.1) is 0 Å². The number of nitrogens with two attached hydrogens (primary N) is 1. The first-order valence-corrected chi connectivity index (χ1v) is 10.9.